The minimum atomic E-state index is -4.17. The molecule has 4 amide bonds. The Labute approximate surface area is 317 Å². The molecule has 6 rings (SSSR count). The quantitative estimate of drug-likeness (QED) is 0.199. The molecule has 14 nitrogen and oxygen atoms in total. The fourth-order valence-corrected chi connectivity index (χ4v) is 9.31. The summed E-state index contributed by atoms with van der Waals surface area (Å²) in [5, 5.41) is 3.66. The number of anilines is 2. The second-order valence-electron chi connectivity index (χ2n) is 15.5. The first-order valence-corrected chi connectivity index (χ1v) is 19.9. The fraction of sp³-hybridized carbons (Fsp3) is 0.513. The van der Waals surface area contributed by atoms with Crippen molar-refractivity contribution in [3.05, 3.63) is 60.8 Å². The second-order valence-corrected chi connectivity index (χ2v) is 17.6. The van der Waals surface area contributed by atoms with Gasteiger partial charge in [-0.3, -0.25) is 10.1 Å². The number of hydrogen-bond acceptors (Lipinski definition) is 11. The summed E-state index contributed by atoms with van der Waals surface area (Å²) < 4.78 is 40.2. The first-order chi connectivity index (χ1) is 25.4. The highest BCUT2D eigenvalue weighted by Gasteiger charge is 2.69. The molecular weight excluding hydrogens is 711 g/mol. The average molecular weight is 763 g/mol. The molecule has 3 aromatic rings. The lowest BCUT2D eigenvalue weighted by Crippen LogP contribution is -2.70. The van der Waals surface area contributed by atoms with Gasteiger partial charge in [-0.25, -0.2) is 23.0 Å². The maximum Gasteiger partial charge on any atom is 0.425 e. The zero-order valence-electron chi connectivity index (χ0n) is 32.3. The highest BCUT2D eigenvalue weighted by Crippen LogP contribution is 2.49. The monoisotopic (exact) mass is 762 g/mol. The summed E-state index contributed by atoms with van der Waals surface area (Å²) in [5.41, 5.74) is 5.38. The Morgan fingerprint density at radius 3 is 2.33 bits per heavy atom. The van der Waals surface area contributed by atoms with E-state index in [1.54, 1.807) is 46.9 Å². The Morgan fingerprint density at radius 2 is 1.76 bits per heavy atom. The van der Waals surface area contributed by atoms with Gasteiger partial charge in [-0.05, 0) is 69.4 Å². The number of methoxy groups -OCH3 is 1. The third-order valence-corrected chi connectivity index (χ3v) is 13.6. The minimum Gasteiger partial charge on any atom is -0.496 e. The number of pyridine rings is 2. The number of nitrogens with two attached hydrogens (primary N) is 1. The number of carbonyl (C=O) groups excluding carboxylic acids is 3. The van der Waals surface area contributed by atoms with Crippen LogP contribution in [0.3, 0.4) is 0 Å². The van der Waals surface area contributed by atoms with Crippen molar-refractivity contribution in [2.45, 2.75) is 82.9 Å². The van der Waals surface area contributed by atoms with Crippen molar-refractivity contribution in [1.29, 1.82) is 0 Å². The lowest BCUT2D eigenvalue weighted by Gasteiger charge is -2.37. The Morgan fingerprint density at radius 1 is 1.07 bits per heavy atom. The number of likely N-dealkylation sites (tertiary alicyclic amines) is 1. The third-order valence-electron chi connectivity index (χ3n) is 11.5. The average Bonchev–Trinajstić information content (AvgIpc) is 4.07. The normalized spacial score (nSPS) is 26.9. The number of amides is 4. The standard InChI is InChI=1S/C39H51N7O7S/c1-10-26-20-39(26,37(48)45(54(50,51)27-17-18-27)32-16-11-13-23(4)41-32)43-38(49)46(36(47)34(40)22(2)3)21-31(24(5)25(46)6)53-35-28-14-12-15-30(52-9)29(28)19-33(42-35)44(7)8/h10-16,19,22,24-27,31,34H,1,17-18,20-21,40H2,2-9H3/p+1/t24?,25?,26-,31+,34?,39-,46?/m1/s1. The lowest BCUT2D eigenvalue weighted by molar-refractivity contribution is -0.789. The van der Waals surface area contributed by atoms with Crippen LogP contribution >= 0.6 is 0 Å². The number of aromatic nitrogens is 2. The first-order valence-electron chi connectivity index (χ1n) is 18.4. The lowest BCUT2D eigenvalue weighted by atomic mass is 9.99. The zero-order valence-corrected chi connectivity index (χ0v) is 33.1. The summed E-state index contributed by atoms with van der Waals surface area (Å²) in [7, 11) is 1.14. The number of urea groups is 1. The van der Waals surface area contributed by atoms with Crippen LogP contribution in [-0.4, -0.2) is 97.4 Å². The summed E-state index contributed by atoms with van der Waals surface area (Å²) in [6.45, 7) is 12.8. The summed E-state index contributed by atoms with van der Waals surface area (Å²) in [6, 6.07) is 9.81. The molecule has 2 saturated carbocycles. The van der Waals surface area contributed by atoms with Gasteiger partial charge < -0.3 is 20.1 Å². The molecule has 7 atom stereocenters. The Balaban J connectivity index is 1.41. The molecule has 2 aliphatic carbocycles. The molecule has 3 N–H and O–H groups in total. The summed E-state index contributed by atoms with van der Waals surface area (Å²) >= 11 is 0. The zero-order chi connectivity index (χ0) is 39.5. The van der Waals surface area contributed by atoms with Crippen molar-refractivity contribution < 1.29 is 36.8 Å². The van der Waals surface area contributed by atoms with Crippen LogP contribution in [0.4, 0.5) is 16.4 Å². The first kappa shape index (κ1) is 39.1. The van der Waals surface area contributed by atoms with E-state index in [1.807, 2.05) is 50.2 Å². The highest BCUT2D eigenvalue weighted by molar-refractivity contribution is 7.94. The number of fused-ring (bicyclic) bond motifs is 1. The van der Waals surface area contributed by atoms with Gasteiger partial charge >= 0.3 is 11.9 Å². The van der Waals surface area contributed by atoms with E-state index in [9.17, 15) is 18.0 Å². The van der Waals surface area contributed by atoms with Crippen molar-refractivity contribution >= 4 is 50.3 Å². The highest BCUT2D eigenvalue weighted by atomic mass is 32.2. The third kappa shape index (κ3) is 6.49. The number of sulfonamides is 1. The SMILES string of the molecule is C=C[C@@H]1C[C@]1(NC(=O)[N+]1(C(=O)C(N)C(C)C)C[C@H](Oc2nc(N(C)C)cc3c(OC)cccc23)C(C)C1C)C(=O)N(c1cccc(C)n1)S(=O)(=O)C1CC1. The van der Waals surface area contributed by atoms with Crippen LogP contribution in [0.25, 0.3) is 10.8 Å². The minimum absolute atomic E-state index is 0.0509. The maximum absolute atomic E-state index is 15.1. The molecular formula is C39H52N7O7S+. The van der Waals surface area contributed by atoms with Gasteiger partial charge in [0.2, 0.25) is 15.9 Å². The fourth-order valence-electron chi connectivity index (χ4n) is 7.52. The molecule has 1 aliphatic heterocycles. The van der Waals surface area contributed by atoms with Gasteiger partial charge in [0, 0.05) is 36.5 Å². The number of nitrogens with zero attached hydrogens (tertiary/aromatic N) is 5. The van der Waals surface area contributed by atoms with E-state index >= 15 is 4.79 Å². The predicted molar refractivity (Wildman–Crippen MR) is 207 cm³/mol. The number of carbonyl (C=O) groups is 3. The summed E-state index contributed by atoms with van der Waals surface area (Å²) in [5.74, 6) is -1.17. The topological polar surface area (TPSA) is 174 Å². The number of quaternary nitrogens is 1. The Hall–Kier alpha value is -4.60. The molecule has 0 radical (unpaired) electrons. The van der Waals surface area contributed by atoms with Gasteiger partial charge in [-0.2, -0.15) is 13.8 Å². The van der Waals surface area contributed by atoms with Crippen molar-refractivity contribution in [1.82, 2.24) is 15.3 Å². The van der Waals surface area contributed by atoms with Crippen LogP contribution in [0.5, 0.6) is 11.6 Å². The van der Waals surface area contributed by atoms with Crippen LogP contribution < -0.4 is 29.7 Å². The molecule has 2 aromatic heterocycles. The van der Waals surface area contributed by atoms with Gasteiger partial charge in [0.05, 0.1) is 18.3 Å². The van der Waals surface area contributed by atoms with Gasteiger partial charge in [-0.1, -0.05) is 39.0 Å². The molecule has 3 fully saturated rings. The summed E-state index contributed by atoms with van der Waals surface area (Å²) in [4.78, 5) is 55.6. The summed E-state index contributed by atoms with van der Waals surface area (Å²) in [6.07, 6.45) is 1.75. The molecule has 0 spiro atoms. The van der Waals surface area contributed by atoms with Crippen LogP contribution in [0.15, 0.2) is 55.1 Å². The maximum atomic E-state index is 15.1. The molecule has 290 valence electrons. The largest absolute Gasteiger partial charge is 0.496 e. The second kappa shape index (κ2) is 14.2. The number of imide groups is 1. The van der Waals surface area contributed by atoms with Gasteiger partial charge in [0.1, 0.15) is 41.6 Å². The molecule has 15 heteroatoms. The van der Waals surface area contributed by atoms with Gasteiger partial charge in [-0.15, -0.1) is 6.58 Å². The van der Waals surface area contributed by atoms with E-state index in [1.165, 1.54) is 12.1 Å². The Kier molecular flexibility index (Phi) is 10.3. The van der Waals surface area contributed by atoms with E-state index < -0.39 is 67.2 Å². The van der Waals surface area contributed by atoms with E-state index in [2.05, 4.69) is 16.9 Å². The number of aryl methyl sites for hydroxylation is 1. The van der Waals surface area contributed by atoms with E-state index in [4.69, 9.17) is 20.2 Å². The number of benzene rings is 1. The number of ether oxygens (including phenoxy) is 2. The number of nitrogens with one attached hydrogen (secondary N) is 1. The van der Waals surface area contributed by atoms with E-state index in [0.29, 0.717) is 41.4 Å². The van der Waals surface area contributed by atoms with Crippen molar-refractivity contribution in [2.24, 2.45) is 23.5 Å². The molecule has 3 heterocycles. The molecule has 0 bridgehead atoms. The number of rotatable bonds is 12. The molecule has 54 heavy (non-hydrogen) atoms. The Bertz CT molecular complexity index is 2110. The van der Waals surface area contributed by atoms with Gasteiger partial charge in [0.25, 0.3) is 5.91 Å². The van der Waals surface area contributed by atoms with Crippen molar-refractivity contribution in [3.63, 3.8) is 0 Å². The van der Waals surface area contributed by atoms with Crippen LogP contribution in [0.1, 0.15) is 52.7 Å². The molecule has 1 saturated heterocycles. The van der Waals surface area contributed by atoms with E-state index in [-0.39, 0.29) is 30.6 Å². The van der Waals surface area contributed by atoms with Crippen LogP contribution in [-0.2, 0) is 19.6 Å². The number of hydrogen-bond donors (Lipinski definition) is 2. The van der Waals surface area contributed by atoms with Crippen molar-refractivity contribution in [2.75, 3.05) is 37.0 Å². The van der Waals surface area contributed by atoms with Crippen molar-refractivity contribution in [3.8, 4) is 11.6 Å². The predicted octanol–water partition coefficient (Wildman–Crippen LogP) is 4.30. The van der Waals surface area contributed by atoms with Crippen LogP contribution in [0, 0.1) is 24.7 Å². The molecule has 4 unspecified atom stereocenters. The molecule has 3 aliphatic rings. The van der Waals surface area contributed by atoms with Gasteiger partial charge in [0.15, 0.2) is 6.10 Å². The van der Waals surface area contributed by atoms with Crippen LogP contribution in [0.2, 0.25) is 0 Å². The van der Waals surface area contributed by atoms with E-state index in [0.717, 1.165) is 9.69 Å². The smallest absolute Gasteiger partial charge is 0.425 e. The molecule has 1 aromatic carbocycles.